The van der Waals surface area contributed by atoms with E-state index in [1.165, 1.54) is 7.05 Å². The minimum atomic E-state index is -0.910. The number of nitrogens with one attached hydrogen (secondary N) is 3. The molecule has 3 rings (SSSR count). The number of carbonyl (C=O) groups excluding carboxylic acids is 3. The third-order valence-corrected chi connectivity index (χ3v) is 3.96. The molecule has 1 atom stereocenters. The second kappa shape index (κ2) is 7.26. The van der Waals surface area contributed by atoms with Gasteiger partial charge in [-0.25, -0.2) is 0 Å². The zero-order valence-electron chi connectivity index (χ0n) is 14.5. The van der Waals surface area contributed by atoms with Gasteiger partial charge in [-0.15, -0.1) is 0 Å². The van der Waals surface area contributed by atoms with Crippen LogP contribution in [0.5, 0.6) is 5.75 Å². The Morgan fingerprint density at radius 2 is 2.00 bits per heavy atom. The molecule has 7 heteroatoms. The highest BCUT2D eigenvalue weighted by Crippen LogP contribution is 2.31. The van der Waals surface area contributed by atoms with Gasteiger partial charge in [-0.05, 0) is 42.8 Å². The Morgan fingerprint density at radius 3 is 2.77 bits per heavy atom. The number of fused-ring (bicyclic) bond motifs is 1. The maximum absolute atomic E-state index is 12.3. The van der Waals surface area contributed by atoms with Crippen LogP contribution in [0.4, 0.5) is 11.4 Å². The second-order valence-corrected chi connectivity index (χ2v) is 6.01. The lowest BCUT2D eigenvalue weighted by Gasteiger charge is -2.25. The smallest absolute Gasteiger partial charge is 0.266 e. The van der Waals surface area contributed by atoms with Crippen LogP contribution in [0.15, 0.2) is 42.5 Å². The second-order valence-electron chi connectivity index (χ2n) is 6.01. The standard InChI is InChI=1S/C19H19N3O4/c1-11-6-7-15-14(8-11)22-19(25)16(26-15)10-17(23)21-13-5-3-4-12(9-13)18(24)20-2/h3-9,16H,10H2,1-2H3,(H,20,24)(H,21,23)(H,22,25). The van der Waals surface area contributed by atoms with Gasteiger partial charge in [0.05, 0.1) is 12.1 Å². The number of hydrogen-bond donors (Lipinski definition) is 3. The maximum atomic E-state index is 12.3. The first-order valence-electron chi connectivity index (χ1n) is 8.16. The Bertz CT molecular complexity index is 879. The Morgan fingerprint density at radius 1 is 1.19 bits per heavy atom. The predicted molar refractivity (Wildman–Crippen MR) is 97.3 cm³/mol. The van der Waals surface area contributed by atoms with Crippen molar-refractivity contribution in [3.05, 3.63) is 53.6 Å². The summed E-state index contributed by atoms with van der Waals surface area (Å²) in [6, 6.07) is 12.0. The normalized spacial score (nSPS) is 15.3. The molecule has 0 aliphatic carbocycles. The molecule has 1 aliphatic heterocycles. The van der Waals surface area contributed by atoms with Crippen molar-refractivity contribution in [2.45, 2.75) is 19.4 Å². The predicted octanol–water partition coefficient (Wildman–Crippen LogP) is 2.08. The van der Waals surface area contributed by atoms with Crippen LogP contribution in [-0.2, 0) is 9.59 Å². The van der Waals surface area contributed by atoms with Crippen molar-refractivity contribution in [1.82, 2.24) is 5.32 Å². The molecule has 1 unspecified atom stereocenters. The van der Waals surface area contributed by atoms with E-state index < -0.39 is 6.10 Å². The minimum absolute atomic E-state index is 0.136. The van der Waals surface area contributed by atoms with Gasteiger partial charge >= 0.3 is 0 Å². The minimum Gasteiger partial charge on any atom is -0.478 e. The fourth-order valence-corrected chi connectivity index (χ4v) is 2.66. The maximum Gasteiger partial charge on any atom is 0.266 e. The zero-order valence-corrected chi connectivity index (χ0v) is 14.5. The third kappa shape index (κ3) is 3.83. The number of carbonyl (C=O) groups is 3. The van der Waals surface area contributed by atoms with Gasteiger partial charge in [0.25, 0.3) is 11.8 Å². The van der Waals surface area contributed by atoms with Gasteiger partial charge in [0.15, 0.2) is 6.10 Å². The summed E-state index contributed by atoms with van der Waals surface area (Å²) in [6.07, 6.45) is -1.05. The summed E-state index contributed by atoms with van der Waals surface area (Å²) in [5.74, 6) is -0.454. The first-order valence-corrected chi connectivity index (χ1v) is 8.16. The summed E-state index contributed by atoms with van der Waals surface area (Å²) in [4.78, 5) is 36.1. The van der Waals surface area contributed by atoms with Crippen molar-refractivity contribution >= 4 is 29.1 Å². The van der Waals surface area contributed by atoms with Gasteiger partial charge in [-0.3, -0.25) is 14.4 Å². The largest absolute Gasteiger partial charge is 0.478 e. The molecule has 2 aromatic rings. The summed E-state index contributed by atoms with van der Waals surface area (Å²) < 4.78 is 5.65. The topological polar surface area (TPSA) is 96.5 Å². The number of anilines is 2. The van der Waals surface area contributed by atoms with Gasteiger partial charge in [0.2, 0.25) is 5.91 Å². The van der Waals surface area contributed by atoms with Crippen LogP contribution in [0.1, 0.15) is 22.3 Å². The molecule has 2 aromatic carbocycles. The van der Waals surface area contributed by atoms with E-state index in [0.717, 1.165) is 5.56 Å². The average molecular weight is 353 g/mol. The number of benzene rings is 2. The highest BCUT2D eigenvalue weighted by atomic mass is 16.5. The number of hydrogen-bond acceptors (Lipinski definition) is 4. The van der Waals surface area contributed by atoms with Crippen LogP contribution in [0.25, 0.3) is 0 Å². The number of rotatable bonds is 4. The molecular formula is C19H19N3O4. The summed E-state index contributed by atoms with van der Waals surface area (Å²) >= 11 is 0. The zero-order chi connectivity index (χ0) is 18.7. The highest BCUT2D eigenvalue weighted by molar-refractivity contribution is 6.02. The van der Waals surface area contributed by atoms with Crippen LogP contribution >= 0.6 is 0 Å². The molecule has 0 aromatic heterocycles. The van der Waals surface area contributed by atoms with Gasteiger partial charge < -0.3 is 20.7 Å². The van der Waals surface area contributed by atoms with Gasteiger partial charge in [-0.2, -0.15) is 0 Å². The molecule has 0 fully saturated rings. The van der Waals surface area contributed by atoms with E-state index in [-0.39, 0.29) is 24.1 Å². The van der Waals surface area contributed by atoms with Crippen LogP contribution in [0.2, 0.25) is 0 Å². The van der Waals surface area contributed by atoms with Crippen molar-refractivity contribution in [2.24, 2.45) is 0 Å². The fourth-order valence-electron chi connectivity index (χ4n) is 2.66. The lowest BCUT2D eigenvalue weighted by atomic mass is 10.1. The molecule has 0 radical (unpaired) electrons. The Labute approximate surface area is 150 Å². The van der Waals surface area contributed by atoms with Gasteiger partial charge in [0.1, 0.15) is 5.75 Å². The van der Waals surface area contributed by atoms with E-state index in [1.807, 2.05) is 19.1 Å². The van der Waals surface area contributed by atoms with E-state index in [0.29, 0.717) is 22.7 Å². The molecule has 26 heavy (non-hydrogen) atoms. The third-order valence-electron chi connectivity index (χ3n) is 3.96. The summed E-state index contributed by atoms with van der Waals surface area (Å²) in [6.45, 7) is 1.92. The van der Waals surface area contributed by atoms with Gasteiger partial charge in [0, 0.05) is 18.3 Å². The summed E-state index contributed by atoms with van der Waals surface area (Å²) in [7, 11) is 1.53. The Balaban J connectivity index is 1.66. The van der Waals surface area contributed by atoms with Crippen molar-refractivity contribution in [3.8, 4) is 5.75 Å². The van der Waals surface area contributed by atoms with Crippen LogP contribution in [0, 0.1) is 6.92 Å². The van der Waals surface area contributed by atoms with E-state index in [9.17, 15) is 14.4 Å². The Hall–Kier alpha value is -3.35. The molecule has 0 saturated carbocycles. The molecule has 134 valence electrons. The SMILES string of the molecule is CNC(=O)c1cccc(NC(=O)CC2Oc3ccc(C)cc3NC2=O)c1. The fraction of sp³-hybridized carbons (Fsp3) is 0.211. The van der Waals surface area contributed by atoms with Gasteiger partial charge in [-0.1, -0.05) is 12.1 Å². The first-order chi connectivity index (χ1) is 12.5. The molecule has 1 heterocycles. The molecule has 1 aliphatic rings. The molecule has 0 spiro atoms. The molecule has 3 amide bonds. The number of ether oxygens (including phenoxy) is 1. The van der Waals surface area contributed by atoms with E-state index >= 15 is 0 Å². The summed E-state index contributed by atoms with van der Waals surface area (Å²) in [5.41, 5.74) is 2.51. The van der Waals surface area contributed by atoms with E-state index in [2.05, 4.69) is 16.0 Å². The van der Waals surface area contributed by atoms with Crippen molar-refractivity contribution in [3.63, 3.8) is 0 Å². The first kappa shape index (κ1) is 17.5. The molecular weight excluding hydrogens is 334 g/mol. The van der Waals surface area contributed by atoms with Crippen LogP contribution in [-0.4, -0.2) is 30.9 Å². The molecule has 7 nitrogen and oxygen atoms in total. The molecule has 0 bridgehead atoms. The number of amides is 3. The lowest BCUT2D eigenvalue weighted by molar-refractivity contribution is -0.128. The number of aryl methyl sites for hydroxylation is 1. The Kier molecular flexibility index (Phi) is 4.88. The van der Waals surface area contributed by atoms with E-state index in [1.54, 1.807) is 30.3 Å². The molecule has 0 saturated heterocycles. The average Bonchev–Trinajstić information content (AvgIpc) is 2.62. The summed E-state index contributed by atoms with van der Waals surface area (Å²) in [5, 5.41) is 7.96. The lowest BCUT2D eigenvalue weighted by Crippen LogP contribution is -2.39. The van der Waals surface area contributed by atoms with Crippen LogP contribution in [0.3, 0.4) is 0 Å². The molecule has 3 N–H and O–H groups in total. The van der Waals surface area contributed by atoms with Crippen molar-refractivity contribution < 1.29 is 19.1 Å². The van der Waals surface area contributed by atoms with Crippen LogP contribution < -0.4 is 20.7 Å². The van der Waals surface area contributed by atoms with Crippen molar-refractivity contribution in [1.29, 1.82) is 0 Å². The highest BCUT2D eigenvalue weighted by Gasteiger charge is 2.29. The van der Waals surface area contributed by atoms with E-state index in [4.69, 9.17) is 4.74 Å². The van der Waals surface area contributed by atoms with Crippen molar-refractivity contribution in [2.75, 3.05) is 17.7 Å². The quantitative estimate of drug-likeness (QED) is 0.784. The monoisotopic (exact) mass is 353 g/mol.